The summed E-state index contributed by atoms with van der Waals surface area (Å²) < 4.78 is 11.0. The Hall–Kier alpha value is -2.77. The van der Waals surface area contributed by atoms with Crippen molar-refractivity contribution in [1.29, 1.82) is 0 Å². The van der Waals surface area contributed by atoms with Gasteiger partial charge in [0.15, 0.2) is 11.5 Å². The number of nitrogens with zero attached hydrogens (tertiary/aromatic N) is 1. The summed E-state index contributed by atoms with van der Waals surface area (Å²) in [6.07, 6.45) is 2.60. The van der Waals surface area contributed by atoms with E-state index in [4.69, 9.17) is 15.2 Å². The third-order valence-corrected chi connectivity index (χ3v) is 4.86. The molecule has 0 bridgehead atoms. The standard InChI is InChI=1S/C18H23N3O5/c1-12(22)21(11-16(19)23)18(6-2-3-7-18)17(24)20-13-4-5-14-15(10-13)26-9-8-25-14/h4-5,10H,2-3,6-9,11H2,1H3,(H2,19,23)(H,20,24). The highest BCUT2D eigenvalue weighted by molar-refractivity contribution is 6.01. The molecule has 3 rings (SSSR count). The molecule has 26 heavy (non-hydrogen) atoms. The van der Waals surface area contributed by atoms with Crippen molar-refractivity contribution in [3.63, 3.8) is 0 Å². The molecule has 0 saturated heterocycles. The first kappa shape index (κ1) is 18.0. The average molecular weight is 361 g/mol. The molecule has 0 radical (unpaired) electrons. The number of anilines is 1. The first-order valence-electron chi connectivity index (χ1n) is 8.70. The van der Waals surface area contributed by atoms with Gasteiger partial charge in [-0.3, -0.25) is 14.4 Å². The van der Waals surface area contributed by atoms with Crippen molar-refractivity contribution < 1.29 is 23.9 Å². The minimum Gasteiger partial charge on any atom is -0.486 e. The molecule has 8 nitrogen and oxygen atoms in total. The van der Waals surface area contributed by atoms with Crippen molar-refractivity contribution >= 4 is 23.4 Å². The van der Waals surface area contributed by atoms with E-state index in [1.54, 1.807) is 18.2 Å². The molecule has 1 aromatic carbocycles. The summed E-state index contributed by atoms with van der Waals surface area (Å²) in [5.41, 5.74) is 4.78. The zero-order valence-corrected chi connectivity index (χ0v) is 14.7. The summed E-state index contributed by atoms with van der Waals surface area (Å²) in [4.78, 5) is 37.9. The Morgan fingerprint density at radius 2 is 1.81 bits per heavy atom. The number of primary amides is 1. The van der Waals surface area contributed by atoms with Crippen LogP contribution in [0.15, 0.2) is 18.2 Å². The largest absolute Gasteiger partial charge is 0.486 e. The lowest BCUT2D eigenvalue weighted by atomic mass is 9.93. The highest BCUT2D eigenvalue weighted by Gasteiger charge is 2.48. The number of fused-ring (bicyclic) bond motifs is 1. The molecule has 140 valence electrons. The molecule has 3 N–H and O–H groups in total. The van der Waals surface area contributed by atoms with Crippen LogP contribution in [-0.2, 0) is 14.4 Å². The van der Waals surface area contributed by atoms with Crippen molar-refractivity contribution in [2.45, 2.75) is 38.1 Å². The second-order valence-corrected chi connectivity index (χ2v) is 6.62. The lowest BCUT2D eigenvalue weighted by Crippen LogP contribution is -2.59. The van der Waals surface area contributed by atoms with Gasteiger partial charge in [-0.1, -0.05) is 12.8 Å². The van der Waals surface area contributed by atoms with Crippen LogP contribution in [0.3, 0.4) is 0 Å². The Kier molecular flexibility index (Phi) is 5.01. The zero-order valence-electron chi connectivity index (χ0n) is 14.7. The van der Waals surface area contributed by atoms with E-state index in [-0.39, 0.29) is 18.4 Å². The lowest BCUT2D eigenvalue weighted by molar-refractivity contribution is -0.146. The van der Waals surface area contributed by atoms with Gasteiger partial charge in [-0.25, -0.2) is 0 Å². The van der Waals surface area contributed by atoms with Crippen LogP contribution >= 0.6 is 0 Å². The summed E-state index contributed by atoms with van der Waals surface area (Å²) in [5.74, 6) is -0.108. The van der Waals surface area contributed by atoms with Gasteiger partial charge < -0.3 is 25.4 Å². The number of benzene rings is 1. The van der Waals surface area contributed by atoms with Crippen molar-refractivity contribution in [2.24, 2.45) is 5.73 Å². The highest BCUT2D eigenvalue weighted by atomic mass is 16.6. The number of amides is 3. The Balaban J connectivity index is 1.85. The molecule has 0 spiro atoms. The molecule has 1 heterocycles. The minimum atomic E-state index is -1.06. The van der Waals surface area contributed by atoms with Crippen molar-refractivity contribution in [1.82, 2.24) is 4.90 Å². The first-order chi connectivity index (χ1) is 12.4. The number of carbonyl (C=O) groups is 3. The monoisotopic (exact) mass is 361 g/mol. The number of hydrogen-bond acceptors (Lipinski definition) is 5. The number of ether oxygens (including phenoxy) is 2. The van der Waals surface area contributed by atoms with Gasteiger partial charge in [0, 0.05) is 18.7 Å². The van der Waals surface area contributed by atoms with Crippen LogP contribution in [0.1, 0.15) is 32.6 Å². The minimum absolute atomic E-state index is 0.274. The summed E-state index contributed by atoms with van der Waals surface area (Å²) in [5, 5.41) is 2.86. The maximum Gasteiger partial charge on any atom is 0.250 e. The Bertz CT molecular complexity index is 728. The molecule has 1 aromatic rings. The van der Waals surface area contributed by atoms with Crippen LogP contribution in [-0.4, -0.2) is 47.9 Å². The zero-order chi connectivity index (χ0) is 18.7. The number of hydrogen-bond donors (Lipinski definition) is 2. The SMILES string of the molecule is CC(=O)N(CC(N)=O)C1(C(=O)Nc2ccc3c(c2)OCCO3)CCCC1. The quantitative estimate of drug-likeness (QED) is 0.814. The summed E-state index contributed by atoms with van der Waals surface area (Å²) in [6.45, 7) is 2.01. The van der Waals surface area contributed by atoms with Crippen molar-refractivity contribution in [2.75, 3.05) is 25.1 Å². The van der Waals surface area contributed by atoms with Crippen molar-refractivity contribution in [3.05, 3.63) is 18.2 Å². The van der Waals surface area contributed by atoms with E-state index in [1.165, 1.54) is 11.8 Å². The van der Waals surface area contributed by atoms with Gasteiger partial charge in [0.25, 0.3) is 0 Å². The molecule has 0 aromatic heterocycles. The molecule has 2 aliphatic rings. The van der Waals surface area contributed by atoms with Crippen LogP contribution in [0.5, 0.6) is 11.5 Å². The summed E-state index contributed by atoms with van der Waals surface area (Å²) >= 11 is 0. The molecule has 0 unspecified atom stereocenters. The molecule has 1 aliphatic heterocycles. The van der Waals surface area contributed by atoms with Crippen molar-refractivity contribution in [3.8, 4) is 11.5 Å². The molecule has 1 saturated carbocycles. The average Bonchev–Trinajstić information content (AvgIpc) is 3.10. The van der Waals surface area contributed by atoms with Gasteiger partial charge in [0.05, 0.1) is 0 Å². The molecule has 3 amide bonds. The van der Waals surface area contributed by atoms with Crippen LogP contribution in [0.25, 0.3) is 0 Å². The number of nitrogens with two attached hydrogens (primary N) is 1. The molecule has 0 atom stereocenters. The Labute approximate surface area is 151 Å². The molecule has 8 heteroatoms. The summed E-state index contributed by atoms with van der Waals surface area (Å²) in [6, 6.07) is 5.15. The highest BCUT2D eigenvalue weighted by Crippen LogP contribution is 2.38. The number of rotatable bonds is 5. The van der Waals surface area contributed by atoms with E-state index < -0.39 is 11.4 Å². The van der Waals surface area contributed by atoms with Gasteiger partial charge >= 0.3 is 0 Å². The molecule has 1 fully saturated rings. The van der Waals surface area contributed by atoms with Crippen LogP contribution in [0.4, 0.5) is 5.69 Å². The third-order valence-electron chi connectivity index (χ3n) is 4.86. The molecular formula is C18H23N3O5. The van der Waals surface area contributed by atoms with E-state index in [9.17, 15) is 14.4 Å². The van der Waals surface area contributed by atoms with Crippen LogP contribution in [0.2, 0.25) is 0 Å². The van der Waals surface area contributed by atoms with Gasteiger partial charge in [0.2, 0.25) is 17.7 Å². The smallest absolute Gasteiger partial charge is 0.250 e. The first-order valence-corrected chi connectivity index (χ1v) is 8.70. The van der Waals surface area contributed by atoms with E-state index in [0.717, 1.165) is 12.8 Å². The van der Waals surface area contributed by atoms with E-state index >= 15 is 0 Å². The maximum atomic E-state index is 13.1. The summed E-state index contributed by atoms with van der Waals surface area (Å²) in [7, 11) is 0. The fourth-order valence-corrected chi connectivity index (χ4v) is 3.67. The van der Waals surface area contributed by atoms with Gasteiger partial charge in [-0.2, -0.15) is 0 Å². The van der Waals surface area contributed by atoms with Crippen LogP contribution < -0.4 is 20.5 Å². The normalized spacial score (nSPS) is 17.4. The second-order valence-electron chi connectivity index (χ2n) is 6.62. The lowest BCUT2D eigenvalue weighted by Gasteiger charge is -2.38. The Morgan fingerprint density at radius 3 is 2.42 bits per heavy atom. The van der Waals surface area contributed by atoms with Gasteiger partial charge in [0.1, 0.15) is 25.3 Å². The third kappa shape index (κ3) is 3.44. The molecular weight excluding hydrogens is 338 g/mol. The maximum absolute atomic E-state index is 13.1. The van der Waals surface area contributed by atoms with E-state index in [0.29, 0.717) is 43.2 Å². The fourth-order valence-electron chi connectivity index (χ4n) is 3.67. The topological polar surface area (TPSA) is 111 Å². The number of carbonyl (C=O) groups excluding carboxylic acids is 3. The van der Waals surface area contributed by atoms with Gasteiger partial charge in [-0.15, -0.1) is 0 Å². The van der Waals surface area contributed by atoms with Crippen LogP contribution in [0, 0.1) is 0 Å². The molecule has 1 aliphatic carbocycles. The predicted octanol–water partition coefficient (Wildman–Crippen LogP) is 1.04. The van der Waals surface area contributed by atoms with E-state index in [1.807, 2.05) is 0 Å². The number of nitrogens with one attached hydrogen (secondary N) is 1. The fraction of sp³-hybridized carbons (Fsp3) is 0.500. The second kappa shape index (κ2) is 7.23. The van der Waals surface area contributed by atoms with E-state index in [2.05, 4.69) is 5.32 Å². The Morgan fingerprint density at radius 1 is 1.15 bits per heavy atom. The van der Waals surface area contributed by atoms with Gasteiger partial charge in [-0.05, 0) is 25.0 Å². The predicted molar refractivity (Wildman–Crippen MR) is 93.8 cm³/mol.